The second-order valence-corrected chi connectivity index (χ2v) is 5.73. The first-order chi connectivity index (χ1) is 10.4. The van der Waals surface area contributed by atoms with Crippen molar-refractivity contribution in [3.63, 3.8) is 0 Å². The van der Waals surface area contributed by atoms with Crippen LogP contribution in [-0.2, 0) is 16.0 Å². The minimum Gasteiger partial charge on any atom is -0.481 e. The molecule has 1 aliphatic rings. The zero-order valence-electron chi connectivity index (χ0n) is 12.3. The van der Waals surface area contributed by atoms with Gasteiger partial charge in [-0.1, -0.05) is 24.3 Å². The molecule has 2 atom stereocenters. The van der Waals surface area contributed by atoms with Gasteiger partial charge in [0, 0.05) is 32.4 Å². The van der Waals surface area contributed by atoms with E-state index in [1.54, 1.807) is 29.2 Å². The van der Waals surface area contributed by atoms with E-state index in [1.165, 1.54) is 6.92 Å². The fourth-order valence-electron chi connectivity index (χ4n) is 2.88. The lowest BCUT2D eigenvalue weighted by molar-refractivity contribution is -0.145. The summed E-state index contributed by atoms with van der Waals surface area (Å²) in [6, 6.07) is 6.80. The molecule has 1 aromatic carbocycles. The van der Waals surface area contributed by atoms with Gasteiger partial charge in [0.05, 0.1) is 5.92 Å². The summed E-state index contributed by atoms with van der Waals surface area (Å²) in [4.78, 5) is 24.4. The van der Waals surface area contributed by atoms with Gasteiger partial charge in [0.25, 0.3) is 0 Å². The van der Waals surface area contributed by atoms with Crippen LogP contribution in [-0.4, -0.2) is 41.4 Å². The first-order valence-corrected chi connectivity index (χ1v) is 7.22. The van der Waals surface area contributed by atoms with E-state index in [0.29, 0.717) is 18.5 Å². The van der Waals surface area contributed by atoms with Gasteiger partial charge in [0.15, 0.2) is 0 Å². The standard InChI is InChI=1S/C16H19F2NO3/c1-10(20)19-8-13(7-14(9-19)16(21)22)12-4-2-11(3-5-12)6-15(17)18/h2-5,13-15H,6-9H2,1H3,(H,21,22). The number of carboxylic acids is 1. The van der Waals surface area contributed by atoms with Crippen molar-refractivity contribution in [1.82, 2.24) is 4.90 Å². The number of carbonyl (C=O) groups excluding carboxylic acids is 1. The number of carbonyl (C=O) groups is 2. The summed E-state index contributed by atoms with van der Waals surface area (Å²) in [5, 5.41) is 9.22. The van der Waals surface area contributed by atoms with Crippen LogP contribution >= 0.6 is 0 Å². The summed E-state index contributed by atoms with van der Waals surface area (Å²) < 4.78 is 24.7. The van der Waals surface area contributed by atoms with E-state index >= 15 is 0 Å². The molecule has 1 heterocycles. The molecule has 6 heteroatoms. The van der Waals surface area contributed by atoms with E-state index in [2.05, 4.69) is 0 Å². The Morgan fingerprint density at radius 2 is 1.91 bits per heavy atom. The number of piperidine rings is 1. The molecule has 120 valence electrons. The third-order valence-electron chi connectivity index (χ3n) is 4.09. The van der Waals surface area contributed by atoms with Crippen LogP contribution in [0.2, 0.25) is 0 Å². The van der Waals surface area contributed by atoms with Crippen molar-refractivity contribution >= 4 is 11.9 Å². The van der Waals surface area contributed by atoms with Crippen molar-refractivity contribution in [2.45, 2.75) is 32.1 Å². The highest BCUT2D eigenvalue weighted by Gasteiger charge is 2.33. The van der Waals surface area contributed by atoms with Gasteiger partial charge < -0.3 is 10.0 Å². The summed E-state index contributed by atoms with van der Waals surface area (Å²) in [7, 11) is 0. The van der Waals surface area contributed by atoms with Crippen LogP contribution in [0.15, 0.2) is 24.3 Å². The van der Waals surface area contributed by atoms with Gasteiger partial charge in [-0.15, -0.1) is 0 Å². The quantitative estimate of drug-likeness (QED) is 0.929. The molecule has 0 bridgehead atoms. The van der Waals surface area contributed by atoms with Crippen LogP contribution in [0.1, 0.15) is 30.4 Å². The number of hydrogen-bond acceptors (Lipinski definition) is 2. The van der Waals surface area contributed by atoms with Gasteiger partial charge in [-0.2, -0.15) is 0 Å². The Morgan fingerprint density at radius 1 is 1.27 bits per heavy atom. The Kier molecular flexibility index (Phi) is 5.11. The molecule has 0 saturated carbocycles. The van der Waals surface area contributed by atoms with Crippen LogP contribution in [0.4, 0.5) is 8.78 Å². The van der Waals surface area contributed by atoms with Gasteiger partial charge in [-0.3, -0.25) is 9.59 Å². The summed E-state index contributed by atoms with van der Waals surface area (Å²) in [6.07, 6.45) is -2.22. The van der Waals surface area contributed by atoms with Crippen molar-refractivity contribution in [2.75, 3.05) is 13.1 Å². The van der Waals surface area contributed by atoms with Gasteiger partial charge in [-0.05, 0) is 17.5 Å². The van der Waals surface area contributed by atoms with E-state index in [-0.39, 0.29) is 24.8 Å². The predicted octanol–water partition coefficient (Wildman–Crippen LogP) is 2.53. The average molecular weight is 311 g/mol. The Bertz CT molecular complexity index is 523. The van der Waals surface area contributed by atoms with Crippen LogP contribution in [0.3, 0.4) is 0 Å². The molecular weight excluding hydrogens is 292 g/mol. The highest BCUT2D eigenvalue weighted by atomic mass is 19.3. The first-order valence-electron chi connectivity index (χ1n) is 7.22. The summed E-state index contributed by atoms with van der Waals surface area (Å²) in [6.45, 7) is 2.12. The molecule has 0 radical (unpaired) electrons. The zero-order valence-corrected chi connectivity index (χ0v) is 12.3. The Balaban J connectivity index is 2.15. The Hall–Kier alpha value is -1.98. The zero-order chi connectivity index (χ0) is 16.3. The molecule has 0 aromatic heterocycles. The molecule has 1 N–H and O–H groups in total. The first kappa shape index (κ1) is 16.4. The SMILES string of the molecule is CC(=O)N1CC(C(=O)O)CC(c2ccc(CC(F)F)cc2)C1. The molecule has 1 amide bonds. The molecule has 4 nitrogen and oxygen atoms in total. The fraction of sp³-hybridized carbons (Fsp3) is 0.500. The van der Waals surface area contributed by atoms with Crippen LogP contribution in [0, 0.1) is 5.92 Å². The minimum atomic E-state index is -2.38. The monoisotopic (exact) mass is 311 g/mol. The second kappa shape index (κ2) is 6.85. The molecule has 1 saturated heterocycles. The van der Waals surface area contributed by atoms with Crippen molar-refractivity contribution in [1.29, 1.82) is 0 Å². The Labute approximate surface area is 127 Å². The van der Waals surface area contributed by atoms with E-state index in [4.69, 9.17) is 0 Å². The number of benzene rings is 1. The molecule has 2 unspecified atom stereocenters. The number of hydrogen-bond donors (Lipinski definition) is 1. The average Bonchev–Trinajstić information content (AvgIpc) is 2.46. The third kappa shape index (κ3) is 4.02. The second-order valence-electron chi connectivity index (χ2n) is 5.73. The number of alkyl halides is 2. The molecule has 1 aromatic rings. The maximum absolute atomic E-state index is 12.3. The molecular formula is C16H19F2NO3. The fourth-order valence-corrected chi connectivity index (χ4v) is 2.88. The Morgan fingerprint density at radius 3 is 2.41 bits per heavy atom. The number of amides is 1. The van der Waals surface area contributed by atoms with Crippen LogP contribution in [0.5, 0.6) is 0 Å². The highest BCUT2D eigenvalue weighted by molar-refractivity contribution is 5.76. The smallest absolute Gasteiger partial charge is 0.308 e. The number of carboxylic acid groups (broad SMARTS) is 1. The van der Waals surface area contributed by atoms with Crippen molar-refractivity contribution in [3.8, 4) is 0 Å². The van der Waals surface area contributed by atoms with Crippen LogP contribution in [0.25, 0.3) is 0 Å². The lowest BCUT2D eigenvalue weighted by atomic mass is 9.84. The maximum atomic E-state index is 12.3. The number of rotatable bonds is 4. The molecule has 0 spiro atoms. The number of aliphatic carboxylic acids is 1. The van der Waals surface area contributed by atoms with Crippen molar-refractivity contribution < 1.29 is 23.5 Å². The predicted molar refractivity (Wildman–Crippen MR) is 76.9 cm³/mol. The number of likely N-dealkylation sites (tertiary alicyclic amines) is 1. The molecule has 1 fully saturated rings. The van der Waals surface area contributed by atoms with E-state index < -0.39 is 18.3 Å². The summed E-state index contributed by atoms with van der Waals surface area (Å²) in [5.41, 5.74) is 1.43. The molecule has 2 rings (SSSR count). The van der Waals surface area contributed by atoms with Gasteiger partial charge in [0.1, 0.15) is 0 Å². The van der Waals surface area contributed by atoms with Gasteiger partial charge >= 0.3 is 5.97 Å². The molecule has 0 aliphatic carbocycles. The van der Waals surface area contributed by atoms with E-state index in [9.17, 15) is 23.5 Å². The molecule has 22 heavy (non-hydrogen) atoms. The van der Waals surface area contributed by atoms with Crippen LogP contribution < -0.4 is 0 Å². The normalized spacial score (nSPS) is 21.9. The van der Waals surface area contributed by atoms with E-state index in [0.717, 1.165) is 5.56 Å². The lowest BCUT2D eigenvalue weighted by Gasteiger charge is -2.36. The largest absolute Gasteiger partial charge is 0.481 e. The molecule has 1 aliphatic heterocycles. The minimum absolute atomic E-state index is 0.0839. The lowest BCUT2D eigenvalue weighted by Crippen LogP contribution is -2.44. The topological polar surface area (TPSA) is 57.6 Å². The van der Waals surface area contributed by atoms with Gasteiger partial charge in [0.2, 0.25) is 12.3 Å². The summed E-state index contributed by atoms with van der Waals surface area (Å²) >= 11 is 0. The maximum Gasteiger partial charge on any atom is 0.308 e. The van der Waals surface area contributed by atoms with Crippen molar-refractivity contribution in [3.05, 3.63) is 35.4 Å². The summed E-state index contributed by atoms with van der Waals surface area (Å²) in [5.74, 6) is -1.74. The van der Waals surface area contributed by atoms with Gasteiger partial charge in [-0.25, -0.2) is 8.78 Å². The third-order valence-corrected chi connectivity index (χ3v) is 4.09. The van der Waals surface area contributed by atoms with E-state index in [1.807, 2.05) is 0 Å². The number of halogens is 2. The highest BCUT2D eigenvalue weighted by Crippen LogP contribution is 2.31. The number of nitrogens with zero attached hydrogens (tertiary/aromatic N) is 1. The van der Waals surface area contributed by atoms with Crippen molar-refractivity contribution in [2.24, 2.45) is 5.92 Å².